The lowest BCUT2D eigenvalue weighted by Gasteiger charge is -2.30. The molecule has 1 amide bonds. The number of hydrogen-bond acceptors (Lipinski definition) is 6. The molecule has 1 aromatic rings. The maximum Gasteiger partial charge on any atom is 0.320 e. The van der Waals surface area contributed by atoms with Gasteiger partial charge in [0.15, 0.2) is 6.23 Å². The lowest BCUT2D eigenvalue weighted by atomic mass is 9.80. The van der Waals surface area contributed by atoms with Crippen LogP contribution < -0.4 is 0 Å². The van der Waals surface area contributed by atoms with Crippen molar-refractivity contribution in [3.05, 3.63) is 81.8 Å². The molecule has 0 N–H and O–H groups in total. The number of β-lactam (4-membered cyclic amide) rings is 1. The number of allylic oxidation sites excluding steroid dienone is 2. The van der Waals surface area contributed by atoms with Crippen molar-refractivity contribution in [3.63, 3.8) is 0 Å². The van der Waals surface area contributed by atoms with Gasteiger partial charge in [0.1, 0.15) is 17.8 Å². The van der Waals surface area contributed by atoms with Crippen molar-refractivity contribution in [2.45, 2.75) is 25.7 Å². The van der Waals surface area contributed by atoms with Crippen LogP contribution in [0.1, 0.15) is 18.4 Å². The van der Waals surface area contributed by atoms with Crippen molar-refractivity contribution in [1.29, 1.82) is 0 Å². The summed E-state index contributed by atoms with van der Waals surface area (Å²) < 4.78 is 11.2. The normalized spacial score (nSPS) is 26.9. The molecule has 8 nitrogen and oxygen atoms in total. The van der Waals surface area contributed by atoms with Gasteiger partial charge in [0.2, 0.25) is 5.91 Å². The van der Waals surface area contributed by atoms with Crippen LogP contribution in [0.15, 0.2) is 66.1 Å². The Morgan fingerprint density at radius 2 is 2.18 bits per heavy atom. The quantitative estimate of drug-likeness (QED) is 0.335. The first kappa shape index (κ1) is 18.0. The summed E-state index contributed by atoms with van der Waals surface area (Å²) in [4.78, 5) is 36.6. The Labute approximate surface area is 160 Å². The van der Waals surface area contributed by atoms with E-state index in [0.717, 1.165) is 5.56 Å². The predicted octanol–water partition coefficient (Wildman–Crippen LogP) is 2.31. The number of fused-ring (bicyclic) bond motifs is 1. The largest absolute Gasteiger partial charge is 0.473 e. The SMILES string of the molecule is O=C1CC2O/C(=C/C3(C(=O)OCc4ccccc4)C=CC([N+](=O)[O-])=CC3)CN12. The van der Waals surface area contributed by atoms with Gasteiger partial charge >= 0.3 is 5.97 Å². The Hall–Kier alpha value is -3.42. The van der Waals surface area contributed by atoms with Crippen LogP contribution in [0.4, 0.5) is 0 Å². The third-order valence-electron chi connectivity index (χ3n) is 5.05. The molecule has 2 fully saturated rings. The molecule has 1 aliphatic carbocycles. The summed E-state index contributed by atoms with van der Waals surface area (Å²) in [5, 5.41) is 11.0. The number of rotatable bonds is 5. The molecule has 3 aliphatic rings. The van der Waals surface area contributed by atoms with E-state index in [1.165, 1.54) is 18.2 Å². The number of esters is 1. The summed E-state index contributed by atoms with van der Waals surface area (Å²) in [5.74, 6) is -0.0261. The molecular weight excluding hydrogens is 364 g/mol. The summed E-state index contributed by atoms with van der Waals surface area (Å²) >= 11 is 0. The molecule has 0 spiro atoms. The summed E-state index contributed by atoms with van der Waals surface area (Å²) in [6, 6.07) is 9.25. The van der Waals surface area contributed by atoms with Gasteiger partial charge in [0.05, 0.1) is 17.9 Å². The van der Waals surface area contributed by atoms with Crippen molar-refractivity contribution in [2.24, 2.45) is 5.41 Å². The smallest absolute Gasteiger partial charge is 0.320 e. The number of nitrogens with zero attached hydrogens (tertiary/aromatic N) is 2. The molecule has 1 aromatic carbocycles. The zero-order valence-corrected chi connectivity index (χ0v) is 14.9. The van der Waals surface area contributed by atoms with Gasteiger partial charge in [-0.2, -0.15) is 0 Å². The van der Waals surface area contributed by atoms with E-state index in [9.17, 15) is 19.7 Å². The highest BCUT2D eigenvalue weighted by atomic mass is 16.6. The molecule has 2 heterocycles. The van der Waals surface area contributed by atoms with E-state index in [4.69, 9.17) is 9.47 Å². The summed E-state index contributed by atoms with van der Waals surface area (Å²) in [6.45, 7) is 0.384. The van der Waals surface area contributed by atoms with E-state index < -0.39 is 16.3 Å². The van der Waals surface area contributed by atoms with E-state index in [0.29, 0.717) is 12.2 Å². The minimum atomic E-state index is -1.21. The van der Waals surface area contributed by atoms with Gasteiger partial charge in [-0.05, 0) is 24.1 Å². The average molecular weight is 382 g/mol. The second kappa shape index (κ2) is 6.95. The average Bonchev–Trinajstić information content (AvgIpc) is 3.03. The third-order valence-corrected chi connectivity index (χ3v) is 5.05. The van der Waals surface area contributed by atoms with E-state index in [2.05, 4.69) is 0 Å². The molecule has 8 heteroatoms. The van der Waals surface area contributed by atoms with Gasteiger partial charge < -0.3 is 9.47 Å². The van der Waals surface area contributed by atoms with E-state index >= 15 is 0 Å². The Morgan fingerprint density at radius 3 is 2.79 bits per heavy atom. The third kappa shape index (κ3) is 3.28. The van der Waals surface area contributed by atoms with Gasteiger partial charge in [0, 0.05) is 6.08 Å². The molecular formula is C20H18N2O6. The molecule has 0 saturated carbocycles. The van der Waals surface area contributed by atoms with Gasteiger partial charge in [-0.25, -0.2) is 0 Å². The van der Waals surface area contributed by atoms with Crippen molar-refractivity contribution in [1.82, 2.24) is 4.90 Å². The topological polar surface area (TPSA) is 99.0 Å². The highest BCUT2D eigenvalue weighted by Crippen LogP contribution is 2.38. The number of amides is 1. The van der Waals surface area contributed by atoms with Crippen LogP contribution in [0.5, 0.6) is 0 Å². The molecule has 2 atom stereocenters. The van der Waals surface area contributed by atoms with Crippen LogP contribution in [-0.4, -0.2) is 34.5 Å². The fourth-order valence-electron chi connectivity index (χ4n) is 3.42. The molecule has 0 aromatic heterocycles. The standard InChI is InChI=1S/C20H18N2O6/c23-17-10-18-21(17)12-16(28-18)11-20(8-6-15(7-9-20)22(25)26)19(24)27-13-14-4-2-1-3-5-14/h1-8,11,18H,9-10,12-13H2/b16-11+. The molecule has 4 rings (SSSR count). The maximum absolute atomic E-state index is 12.9. The van der Waals surface area contributed by atoms with Crippen LogP contribution >= 0.6 is 0 Å². The Bertz CT molecular complexity index is 920. The van der Waals surface area contributed by atoms with E-state index in [1.807, 2.05) is 30.3 Å². The number of nitro groups is 1. The first-order chi connectivity index (χ1) is 13.5. The fourth-order valence-corrected chi connectivity index (χ4v) is 3.42. The zero-order chi connectivity index (χ0) is 19.7. The molecule has 2 unspecified atom stereocenters. The van der Waals surface area contributed by atoms with Crippen molar-refractivity contribution in [2.75, 3.05) is 6.54 Å². The van der Waals surface area contributed by atoms with Gasteiger partial charge in [-0.1, -0.05) is 36.4 Å². The minimum Gasteiger partial charge on any atom is -0.473 e. The van der Waals surface area contributed by atoms with Crippen molar-refractivity contribution in [3.8, 4) is 0 Å². The van der Waals surface area contributed by atoms with Crippen LogP contribution in [0.25, 0.3) is 0 Å². The maximum atomic E-state index is 12.9. The summed E-state index contributed by atoms with van der Waals surface area (Å²) in [5.41, 5.74) is -0.444. The van der Waals surface area contributed by atoms with Gasteiger partial charge in [-0.3, -0.25) is 24.6 Å². The molecule has 144 valence electrons. The number of ether oxygens (including phenoxy) is 2. The van der Waals surface area contributed by atoms with E-state index in [-0.39, 0.29) is 37.4 Å². The molecule has 2 saturated heterocycles. The van der Waals surface area contributed by atoms with Crippen LogP contribution in [0, 0.1) is 15.5 Å². The number of hydrogen-bond donors (Lipinski definition) is 0. The predicted molar refractivity (Wildman–Crippen MR) is 96.8 cm³/mol. The first-order valence-electron chi connectivity index (χ1n) is 8.90. The highest BCUT2D eigenvalue weighted by Gasteiger charge is 2.46. The lowest BCUT2D eigenvalue weighted by Crippen LogP contribution is -2.48. The Morgan fingerprint density at radius 1 is 1.39 bits per heavy atom. The van der Waals surface area contributed by atoms with Crippen LogP contribution in [-0.2, 0) is 25.7 Å². The number of benzene rings is 1. The van der Waals surface area contributed by atoms with Crippen molar-refractivity contribution >= 4 is 11.9 Å². The number of carbonyl (C=O) groups is 2. The van der Waals surface area contributed by atoms with Crippen LogP contribution in [0.3, 0.4) is 0 Å². The van der Waals surface area contributed by atoms with Gasteiger partial charge in [-0.15, -0.1) is 0 Å². The summed E-state index contributed by atoms with van der Waals surface area (Å²) in [7, 11) is 0. The van der Waals surface area contributed by atoms with Crippen molar-refractivity contribution < 1.29 is 24.0 Å². The molecule has 2 aliphatic heterocycles. The van der Waals surface area contributed by atoms with Gasteiger partial charge in [0.25, 0.3) is 5.70 Å². The zero-order valence-electron chi connectivity index (χ0n) is 14.9. The monoisotopic (exact) mass is 382 g/mol. The highest BCUT2D eigenvalue weighted by molar-refractivity contribution is 5.84. The minimum absolute atomic E-state index is 0.00354. The molecule has 28 heavy (non-hydrogen) atoms. The Kier molecular flexibility index (Phi) is 4.46. The fraction of sp³-hybridized carbons (Fsp3) is 0.300. The molecule has 0 radical (unpaired) electrons. The lowest BCUT2D eigenvalue weighted by molar-refractivity contribution is -0.419. The second-order valence-electron chi connectivity index (χ2n) is 6.93. The first-order valence-corrected chi connectivity index (χ1v) is 8.90. The Balaban J connectivity index is 1.56. The second-order valence-corrected chi connectivity index (χ2v) is 6.93. The molecule has 0 bridgehead atoms. The summed E-state index contributed by atoms with van der Waals surface area (Å²) in [6.07, 6.45) is 5.92. The number of carbonyl (C=O) groups excluding carboxylic acids is 2. The van der Waals surface area contributed by atoms with Crippen LogP contribution in [0.2, 0.25) is 0 Å². The van der Waals surface area contributed by atoms with E-state index in [1.54, 1.807) is 11.0 Å².